The lowest BCUT2D eigenvalue weighted by Gasteiger charge is -2.57. The number of carbonyl (C=O) groups excluding carboxylic acids is 4. The number of barbiturate groups is 1. The number of hydrogen-bond acceptors (Lipinski definition) is 6. The van der Waals surface area contributed by atoms with Crippen LogP contribution in [0, 0.1) is 17.8 Å². The minimum Gasteiger partial charge on any atom is -0.493 e. The molecule has 0 aromatic heterocycles. The summed E-state index contributed by atoms with van der Waals surface area (Å²) >= 11 is 0. The Kier molecular flexibility index (Phi) is 6.16. The van der Waals surface area contributed by atoms with E-state index in [9.17, 15) is 19.2 Å². The molecule has 4 aliphatic carbocycles. The molecule has 2 aromatic rings. The number of nitrogens with one attached hydrogen (secondary N) is 1. The largest absolute Gasteiger partial charge is 0.493 e. The molecule has 1 aliphatic heterocycles. The summed E-state index contributed by atoms with van der Waals surface area (Å²) in [4.78, 5) is 50.9. The van der Waals surface area contributed by atoms with Gasteiger partial charge < -0.3 is 15.2 Å². The molecule has 1 heterocycles. The van der Waals surface area contributed by atoms with Gasteiger partial charge in [0.1, 0.15) is 5.57 Å². The number of nitrogens with two attached hydrogens (primary N) is 1. The lowest BCUT2D eigenvalue weighted by Crippen LogP contribution is -2.54. The van der Waals surface area contributed by atoms with Gasteiger partial charge in [-0.25, -0.2) is 9.69 Å². The van der Waals surface area contributed by atoms with Crippen molar-refractivity contribution in [3.63, 3.8) is 0 Å². The van der Waals surface area contributed by atoms with Crippen LogP contribution in [0.3, 0.4) is 0 Å². The zero-order valence-corrected chi connectivity index (χ0v) is 21.8. The van der Waals surface area contributed by atoms with Gasteiger partial charge in [-0.2, -0.15) is 0 Å². The van der Waals surface area contributed by atoms with Crippen LogP contribution >= 0.6 is 0 Å². The van der Waals surface area contributed by atoms with E-state index in [1.165, 1.54) is 57.3 Å². The van der Waals surface area contributed by atoms with Gasteiger partial charge in [-0.15, -0.1) is 0 Å². The topological polar surface area (TPSA) is 128 Å². The fourth-order valence-electron chi connectivity index (χ4n) is 7.53. The van der Waals surface area contributed by atoms with E-state index < -0.39 is 23.8 Å². The van der Waals surface area contributed by atoms with Crippen molar-refractivity contribution in [3.05, 3.63) is 59.2 Å². The number of urea groups is 1. The molecule has 3 N–H and O–H groups in total. The van der Waals surface area contributed by atoms with E-state index in [0.29, 0.717) is 17.0 Å². The highest BCUT2D eigenvalue weighted by Crippen LogP contribution is 2.60. The van der Waals surface area contributed by atoms with Gasteiger partial charge in [0, 0.05) is 0 Å². The van der Waals surface area contributed by atoms with Crippen LogP contribution in [-0.4, -0.2) is 37.5 Å². The third-order valence-corrected chi connectivity index (χ3v) is 8.75. The molecule has 5 aliphatic rings. The van der Waals surface area contributed by atoms with Gasteiger partial charge in [0.2, 0.25) is 0 Å². The number of anilines is 1. The standard InChI is InChI=1S/C30H31N3O6/c1-38-25-12-17(2-7-24(25)39-16-26(31)34)11-23-27(35)32-29(37)33(28(23)36)22-5-3-21(4-6-22)30-13-18-8-19(14-30)10-20(9-18)15-30/h2-7,11-12,18-20H,8-10,13-16H2,1H3,(H2,31,34)(H,32,35,37)/b23-11+. The Morgan fingerprint density at radius 1 is 1.00 bits per heavy atom. The lowest BCUT2D eigenvalue weighted by atomic mass is 9.48. The second-order valence-corrected chi connectivity index (χ2v) is 11.4. The third-order valence-electron chi connectivity index (χ3n) is 8.75. The normalized spacial score (nSPS) is 28.5. The van der Waals surface area contributed by atoms with E-state index in [4.69, 9.17) is 15.2 Å². The first-order chi connectivity index (χ1) is 18.7. The molecule has 202 valence electrons. The average molecular weight is 530 g/mol. The lowest BCUT2D eigenvalue weighted by molar-refractivity contribution is -0.123. The summed E-state index contributed by atoms with van der Waals surface area (Å²) in [5.74, 6) is 0.892. The number of carbonyl (C=O) groups is 4. The first-order valence-electron chi connectivity index (χ1n) is 13.4. The summed E-state index contributed by atoms with van der Waals surface area (Å²) in [6.45, 7) is -0.323. The third kappa shape index (κ3) is 4.56. The molecule has 4 bridgehead atoms. The van der Waals surface area contributed by atoms with Gasteiger partial charge in [-0.05, 0) is 103 Å². The molecular weight excluding hydrogens is 498 g/mol. The van der Waals surface area contributed by atoms with Gasteiger partial charge >= 0.3 is 6.03 Å². The summed E-state index contributed by atoms with van der Waals surface area (Å²) in [6, 6.07) is 11.7. The van der Waals surface area contributed by atoms with Gasteiger partial charge in [-0.3, -0.25) is 19.7 Å². The predicted molar refractivity (Wildman–Crippen MR) is 143 cm³/mol. The van der Waals surface area contributed by atoms with E-state index in [2.05, 4.69) is 17.4 Å². The number of benzene rings is 2. The van der Waals surface area contributed by atoms with Crippen LogP contribution in [0.4, 0.5) is 10.5 Å². The van der Waals surface area contributed by atoms with Gasteiger partial charge in [0.15, 0.2) is 18.1 Å². The Morgan fingerprint density at radius 2 is 1.64 bits per heavy atom. The number of rotatable bonds is 7. The first-order valence-corrected chi connectivity index (χ1v) is 13.4. The number of imide groups is 2. The number of ether oxygens (including phenoxy) is 2. The summed E-state index contributed by atoms with van der Waals surface area (Å²) < 4.78 is 10.6. The number of hydrogen-bond donors (Lipinski definition) is 2. The minimum absolute atomic E-state index is 0.187. The van der Waals surface area contributed by atoms with E-state index >= 15 is 0 Å². The Labute approximate surface area is 226 Å². The van der Waals surface area contributed by atoms with Crippen molar-refractivity contribution in [1.29, 1.82) is 0 Å². The highest BCUT2D eigenvalue weighted by Gasteiger charge is 2.51. The number of primary amides is 1. The fourth-order valence-corrected chi connectivity index (χ4v) is 7.53. The predicted octanol–water partition coefficient (Wildman–Crippen LogP) is 3.69. The molecule has 0 radical (unpaired) electrons. The molecular formula is C30H31N3O6. The molecule has 39 heavy (non-hydrogen) atoms. The van der Waals surface area contributed by atoms with Gasteiger partial charge in [-0.1, -0.05) is 18.2 Å². The summed E-state index contributed by atoms with van der Waals surface area (Å²) in [5.41, 5.74) is 7.32. The van der Waals surface area contributed by atoms with Gasteiger partial charge in [0.25, 0.3) is 17.7 Å². The Balaban J connectivity index is 1.25. The van der Waals surface area contributed by atoms with Crippen molar-refractivity contribution in [2.24, 2.45) is 23.5 Å². The Hall–Kier alpha value is -4.14. The summed E-state index contributed by atoms with van der Waals surface area (Å²) in [5, 5.41) is 2.28. The van der Waals surface area contributed by atoms with Crippen molar-refractivity contribution in [1.82, 2.24) is 5.32 Å². The zero-order valence-electron chi connectivity index (χ0n) is 21.8. The van der Waals surface area contributed by atoms with E-state index in [1.54, 1.807) is 18.2 Å². The minimum atomic E-state index is -0.780. The summed E-state index contributed by atoms with van der Waals surface area (Å²) in [6.07, 6.45) is 9.13. The maximum absolute atomic E-state index is 13.4. The molecule has 5 fully saturated rings. The van der Waals surface area contributed by atoms with Crippen molar-refractivity contribution in [3.8, 4) is 11.5 Å². The molecule has 0 spiro atoms. The molecule has 1 saturated heterocycles. The smallest absolute Gasteiger partial charge is 0.335 e. The van der Waals surface area contributed by atoms with Crippen LogP contribution in [0.1, 0.15) is 49.7 Å². The Morgan fingerprint density at radius 3 is 2.23 bits per heavy atom. The van der Waals surface area contributed by atoms with Crippen molar-refractivity contribution in [2.45, 2.75) is 43.9 Å². The number of nitrogens with zero attached hydrogens (tertiary/aromatic N) is 1. The second-order valence-electron chi connectivity index (χ2n) is 11.4. The SMILES string of the molecule is COc1cc(/C=C2\C(=O)NC(=O)N(c3ccc(C45CC6CC(CC(C6)C4)C5)cc3)C2=O)ccc1OCC(N)=O. The van der Waals surface area contributed by atoms with Crippen molar-refractivity contribution in [2.75, 3.05) is 18.6 Å². The van der Waals surface area contributed by atoms with Crippen LogP contribution in [0.5, 0.6) is 11.5 Å². The molecule has 0 atom stereocenters. The highest BCUT2D eigenvalue weighted by molar-refractivity contribution is 6.39. The second kappa shape index (κ2) is 9.55. The van der Waals surface area contributed by atoms with Crippen LogP contribution in [0.2, 0.25) is 0 Å². The Bertz CT molecular complexity index is 1360. The first kappa shape index (κ1) is 25.2. The average Bonchev–Trinajstić information content (AvgIpc) is 2.89. The molecule has 2 aromatic carbocycles. The van der Waals surface area contributed by atoms with E-state index in [1.807, 2.05) is 12.1 Å². The summed E-state index contributed by atoms with van der Waals surface area (Å²) in [7, 11) is 1.43. The van der Waals surface area contributed by atoms with Crippen LogP contribution in [0.15, 0.2) is 48.0 Å². The fraction of sp³-hybridized carbons (Fsp3) is 0.400. The molecule has 9 nitrogen and oxygen atoms in total. The van der Waals surface area contributed by atoms with Crippen LogP contribution in [-0.2, 0) is 19.8 Å². The van der Waals surface area contributed by atoms with Gasteiger partial charge in [0.05, 0.1) is 12.8 Å². The van der Waals surface area contributed by atoms with E-state index in [0.717, 1.165) is 22.7 Å². The number of methoxy groups -OCH3 is 1. The molecule has 7 rings (SSSR count). The molecule has 0 unspecified atom stereocenters. The molecule has 4 saturated carbocycles. The molecule has 5 amide bonds. The van der Waals surface area contributed by atoms with Crippen molar-refractivity contribution < 1.29 is 28.7 Å². The zero-order chi connectivity index (χ0) is 27.3. The maximum Gasteiger partial charge on any atom is 0.335 e. The van der Waals surface area contributed by atoms with Crippen molar-refractivity contribution >= 4 is 35.5 Å². The molecule has 9 heteroatoms. The monoisotopic (exact) mass is 529 g/mol. The number of amides is 5. The quantitative estimate of drug-likeness (QED) is 0.416. The highest BCUT2D eigenvalue weighted by atomic mass is 16.5. The maximum atomic E-state index is 13.4. The van der Waals surface area contributed by atoms with Crippen LogP contribution < -0.4 is 25.4 Å². The van der Waals surface area contributed by atoms with Crippen LogP contribution in [0.25, 0.3) is 6.08 Å². The van der Waals surface area contributed by atoms with E-state index in [-0.39, 0.29) is 23.3 Å².